The number of hydrogen-bond acceptors (Lipinski definition) is 20. The van der Waals surface area contributed by atoms with Crippen LogP contribution < -0.4 is 53.6 Å². The van der Waals surface area contributed by atoms with Gasteiger partial charge in [-0.15, -0.1) is 0 Å². The van der Waals surface area contributed by atoms with E-state index >= 15 is 0 Å². The maximum absolute atomic E-state index is 14.3. The van der Waals surface area contributed by atoms with Gasteiger partial charge >= 0.3 is 17.9 Å². The number of piperidine rings is 1. The number of carboxylic acids is 3. The van der Waals surface area contributed by atoms with E-state index < -0.39 is 120 Å². The lowest BCUT2D eigenvalue weighted by molar-refractivity contribution is -0.140. The molecule has 98 heavy (non-hydrogen) atoms. The summed E-state index contributed by atoms with van der Waals surface area (Å²) in [6.07, 6.45) is 7.02. The number of H-pyrrole nitrogens is 2. The number of carbonyl (C=O) groups excluding carboxylic acids is 10. The first kappa shape index (κ1) is 77.8. The molecular weight excluding hydrogens is 1280 g/mol. The second-order valence-corrected chi connectivity index (χ2v) is 25.3. The molecule has 5 heterocycles. The molecule has 1 aromatic carbocycles. The Hall–Kier alpha value is -9.16. The van der Waals surface area contributed by atoms with Crippen LogP contribution in [0.1, 0.15) is 70.6 Å². The van der Waals surface area contributed by atoms with Crippen molar-refractivity contribution in [3.05, 3.63) is 54.2 Å². The number of aromatic amines is 2. The lowest BCUT2D eigenvalue weighted by atomic mass is 10.0. The van der Waals surface area contributed by atoms with Gasteiger partial charge in [0, 0.05) is 133 Å². The van der Waals surface area contributed by atoms with Crippen molar-refractivity contribution in [2.75, 3.05) is 137 Å². The van der Waals surface area contributed by atoms with Crippen molar-refractivity contribution in [2.45, 2.75) is 108 Å². The number of likely N-dealkylation sites (tertiary alicyclic amines) is 2. The van der Waals surface area contributed by atoms with E-state index in [1.807, 2.05) is 9.80 Å². The molecule has 0 spiro atoms. The molecule has 0 radical (unpaired) electrons. The van der Waals surface area contributed by atoms with E-state index in [4.69, 9.17) is 5.73 Å². The maximum Gasteiger partial charge on any atom is 0.317 e. The van der Waals surface area contributed by atoms with Crippen LogP contribution in [0.3, 0.4) is 0 Å². The molecule has 3 aromatic rings. The number of para-hydroxylation sites is 1. The first-order valence-electron chi connectivity index (χ1n) is 33.2. The van der Waals surface area contributed by atoms with E-state index in [1.165, 1.54) is 19.4 Å². The number of hydrogen-bond donors (Lipinski definition) is 15. The summed E-state index contributed by atoms with van der Waals surface area (Å²) < 4.78 is 0. The van der Waals surface area contributed by atoms with Gasteiger partial charge in [0.2, 0.25) is 59.1 Å². The molecule has 540 valence electrons. The van der Waals surface area contributed by atoms with Gasteiger partial charge in [0.05, 0.1) is 52.1 Å². The van der Waals surface area contributed by atoms with Crippen LogP contribution in [0.5, 0.6) is 0 Å². The number of nitrogens with two attached hydrogens (primary N) is 1. The minimum Gasteiger partial charge on any atom is -0.480 e. The van der Waals surface area contributed by atoms with Crippen molar-refractivity contribution >= 4 is 87.9 Å². The summed E-state index contributed by atoms with van der Waals surface area (Å²) in [5, 5.41) is 53.4. The molecule has 0 bridgehead atoms. The van der Waals surface area contributed by atoms with Crippen molar-refractivity contribution in [3.8, 4) is 0 Å². The van der Waals surface area contributed by atoms with E-state index in [-0.39, 0.29) is 123 Å². The number of nitrogens with one attached hydrogen (secondary N) is 11. The number of primary amides is 1. The molecule has 35 heteroatoms. The van der Waals surface area contributed by atoms with Crippen molar-refractivity contribution in [1.82, 2.24) is 92.2 Å². The highest BCUT2D eigenvalue weighted by Crippen LogP contribution is 2.20. The van der Waals surface area contributed by atoms with Gasteiger partial charge in [-0.25, -0.2) is 4.98 Å². The summed E-state index contributed by atoms with van der Waals surface area (Å²) >= 11 is 0. The van der Waals surface area contributed by atoms with Crippen LogP contribution in [-0.4, -0.2) is 310 Å². The van der Waals surface area contributed by atoms with E-state index in [0.717, 1.165) is 31.4 Å². The Morgan fingerprint density at radius 3 is 1.63 bits per heavy atom. The van der Waals surface area contributed by atoms with Crippen LogP contribution in [0.4, 0.5) is 0 Å². The number of imidazole rings is 1. The van der Waals surface area contributed by atoms with Crippen LogP contribution in [0.15, 0.2) is 43.0 Å². The summed E-state index contributed by atoms with van der Waals surface area (Å²) in [4.78, 5) is 191. The van der Waals surface area contributed by atoms with Gasteiger partial charge in [-0.05, 0) is 69.7 Å². The molecule has 3 aliphatic rings. The van der Waals surface area contributed by atoms with Crippen LogP contribution in [-0.2, 0) is 75.2 Å². The third-order valence-electron chi connectivity index (χ3n) is 17.2. The molecule has 1 unspecified atom stereocenters. The van der Waals surface area contributed by atoms with E-state index in [2.05, 4.69) is 67.7 Å². The van der Waals surface area contributed by atoms with Gasteiger partial charge in [0.25, 0.3) is 0 Å². The fraction of sp³-hybridized carbons (Fsp3) is 0.619. The summed E-state index contributed by atoms with van der Waals surface area (Å²) in [7, 11) is 0. The average molecular weight is 1380 g/mol. The van der Waals surface area contributed by atoms with Crippen LogP contribution in [0.2, 0.25) is 0 Å². The number of fused-ring (bicyclic) bond motifs is 1. The standard InChI is InChI=1S/C63H97N19O16/c1-40(2)58(63(98)69-33-52(85)74-49(29-44-31-65-39-70-44)60(95)66-14-19-77-15-6-7-16-77)76-59(94)41(3)71-62(97)48(28-42-30-67-46-9-5-4-8-45(42)46)75-61(96)47(10-11-50(64)83)73-51(84)32-68-53(86)34-78-17-12-43(13-18-78)72-54(87)35-79-20-22-80(36-55(88)89)24-26-82(38-57(92)93)27-25-81(23-21-79)37-56(90)91/h4-5,8-9,30-31,39-41,43,47-49,58,67H,6-7,10-29,32-38H2,1-3H3,(H2,64,83)(H,65,70)(H,66,95)(H,68,86)(H,69,98)(H,71,97)(H,72,87)(H,73,84)(H,74,85)(H,75,96)(H,76,94)(H,88,89)(H,90,91)(H,92,93)/t41-,47-,48-,49-,58?/m0/s1. The van der Waals surface area contributed by atoms with Gasteiger partial charge in [-0.1, -0.05) is 32.0 Å². The number of carbonyl (C=O) groups is 13. The predicted molar refractivity (Wildman–Crippen MR) is 354 cm³/mol. The SMILES string of the molecule is CC(C)C(NC(=O)[C@H](C)NC(=O)[C@H](Cc1c[nH]c2ccccc12)NC(=O)[C@H](CCC(N)=O)NC(=O)CNC(=O)CN1CCC(NC(=O)CN2CCN(CC(=O)O)CCN(CC(=O)O)CCN(CC(=O)O)CC2)CC1)C(=O)NCC(=O)N[C@@H](Cc1cnc[nH]1)C(=O)NCCN1CCCC1. The molecule has 16 N–H and O–H groups in total. The van der Waals surface area contributed by atoms with Crippen LogP contribution in [0, 0.1) is 5.92 Å². The lowest BCUT2D eigenvalue weighted by Gasteiger charge is -2.34. The number of benzene rings is 1. The van der Waals surface area contributed by atoms with E-state index in [1.54, 1.807) is 59.0 Å². The topological polar surface area (TPSA) is 481 Å². The number of aromatic nitrogens is 3. The zero-order chi connectivity index (χ0) is 71.3. The first-order valence-corrected chi connectivity index (χ1v) is 33.2. The molecule has 10 amide bonds. The second kappa shape index (κ2) is 39.9. The molecule has 3 aliphatic heterocycles. The molecule has 3 saturated heterocycles. The monoisotopic (exact) mass is 1380 g/mol. The van der Waals surface area contributed by atoms with Crippen molar-refractivity contribution < 1.29 is 77.6 Å². The smallest absolute Gasteiger partial charge is 0.317 e. The molecule has 5 atom stereocenters. The third kappa shape index (κ3) is 27.8. The normalized spacial score (nSPS) is 17.5. The highest BCUT2D eigenvalue weighted by Gasteiger charge is 2.33. The van der Waals surface area contributed by atoms with Gasteiger partial charge in [0.15, 0.2) is 0 Å². The van der Waals surface area contributed by atoms with Crippen molar-refractivity contribution in [3.63, 3.8) is 0 Å². The maximum atomic E-state index is 14.3. The molecule has 0 saturated carbocycles. The van der Waals surface area contributed by atoms with E-state index in [0.29, 0.717) is 55.7 Å². The van der Waals surface area contributed by atoms with Crippen LogP contribution >= 0.6 is 0 Å². The van der Waals surface area contributed by atoms with Crippen LogP contribution in [0.25, 0.3) is 10.9 Å². The van der Waals surface area contributed by atoms with E-state index in [9.17, 15) is 77.6 Å². The fourth-order valence-corrected chi connectivity index (χ4v) is 11.7. The lowest BCUT2D eigenvalue weighted by Crippen LogP contribution is -2.59. The molecule has 3 fully saturated rings. The highest BCUT2D eigenvalue weighted by molar-refractivity contribution is 5.97. The molecule has 2 aromatic heterocycles. The fourth-order valence-electron chi connectivity index (χ4n) is 11.7. The van der Waals surface area contributed by atoms with Crippen molar-refractivity contribution in [2.24, 2.45) is 11.7 Å². The molecule has 35 nitrogen and oxygen atoms in total. The molecule has 6 rings (SSSR count). The Morgan fingerprint density at radius 2 is 1.07 bits per heavy atom. The number of amides is 10. The quantitative estimate of drug-likeness (QED) is 0.0258. The number of carboxylic acid groups (broad SMARTS) is 3. The zero-order valence-corrected chi connectivity index (χ0v) is 55.9. The largest absolute Gasteiger partial charge is 0.480 e. The zero-order valence-electron chi connectivity index (χ0n) is 55.9. The number of aliphatic carboxylic acids is 3. The summed E-state index contributed by atoms with van der Waals surface area (Å²) in [6, 6.07) is 0.518. The average Bonchev–Trinajstić information content (AvgIpc) is 1.68. The van der Waals surface area contributed by atoms with Gasteiger partial charge in [-0.3, -0.25) is 86.8 Å². The van der Waals surface area contributed by atoms with Gasteiger partial charge in [0.1, 0.15) is 30.2 Å². The van der Waals surface area contributed by atoms with Crippen molar-refractivity contribution in [1.29, 1.82) is 0 Å². The molecular formula is C63H97N19O16. The Labute approximate surface area is 567 Å². The predicted octanol–water partition coefficient (Wildman–Crippen LogP) is -5.46. The van der Waals surface area contributed by atoms with Gasteiger partial charge in [-0.2, -0.15) is 0 Å². The number of nitrogens with zero attached hydrogens (tertiary/aromatic N) is 7. The number of rotatable bonds is 36. The Kier molecular flexibility index (Phi) is 31.7. The highest BCUT2D eigenvalue weighted by atomic mass is 16.4. The Bertz CT molecular complexity index is 3160. The van der Waals surface area contributed by atoms with Gasteiger partial charge < -0.3 is 83.8 Å². The second-order valence-electron chi connectivity index (χ2n) is 25.3. The Morgan fingerprint density at radius 1 is 0.541 bits per heavy atom. The summed E-state index contributed by atoms with van der Waals surface area (Å²) in [5.74, 6) is -10.6. The Balaban J connectivity index is 0.994. The summed E-state index contributed by atoms with van der Waals surface area (Å²) in [5.41, 5.74) is 7.38. The first-order chi connectivity index (χ1) is 46.8. The molecule has 0 aliphatic carbocycles. The minimum absolute atomic E-state index is 0.0696. The third-order valence-corrected chi connectivity index (χ3v) is 17.2. The summed E-state index contributed by atoms with van der Waals surface area (Å²) in [6.45, 7) is 8.09. The minimum atomic E-state index is -1.46.